The molecule has 1 aromatic carbocycles. The summed E-state index contributed by atoms with van der Waals surface area (Å²) in [4.78, 5) is 18.7. The van der Waals surface area contributed by atoms with E-state index >= 15 is 0 Å². The molecule has 2 rings (SSSR count). The summed E-state index contributed by atoms with van der Waals surface area (Å²) in [5.41, 5.74) is 8.05. The predicted octanol–water partition coefficient (Wildman–Crippen LogP) is 2.07. The van der Waals surface area contributed by atoms with Crippen LogP contribution in [0.4, 0.5) is 0 Å². The molecule has 3 N–H and O–H groups in total. The third kappa shape index (κ3) is 6.05. The van der Waals surface area contributed by atoms with Gasteiger partial charge in [0.15, 0.2) is 17.5 Å². The van der Waals surface area contributed by atoms with Crippen molar-refractivity contribution >= 4 is 11.9 Å². The Morgan fingerprint density at radius 2 is 1.85 bits per heavy atom. The van der Waals surface area contributed by atoms with E-state index in [2.05, 4.69) is 10.3 Å². The first-order chi connectivity index (χ1) is 12.7. The fourth-order valence-corrected chi connectivity index (χ4v) is 3.11. The number of carbonyl (C=O) groups is 1. The summed E-state index contributed by atoms with van der Waals surface area (Å²) in [5.74, 6) is 1.99. The molecule has 0 saturated heterocycles. The topological polar surface area (TPSA) is 89.2 Å². The van der Waals surface area contributed by atoms with Crippen molar-refractivity contribution in [3.8, 4) is 11.5 Å². The van der Waals surface area contributed by atoms with Gasteiger partial charge in [-0.05, 0) is 56.9 Å². The van der Waals surface area contributed by atoms with E-state index in [1.54, 1.807) is 14.2 Å². The largest absolute Gasteiger partial charge is 0.493 e. The van der Waals surface area contributed by atoms with Crippen LogP contribution in [0, 0.1) is 0 Å². The summed E-state index contributed by atoms with van der Waals surface area (Å²) in [6, 6.07) is 3.98. The number of fused-ring (bicyclic) bond motifs is 1. The predicted molar refractivity (Wildman–Crippen MR) is 107 cm³/mol. The van der Waals surface area contributed by atoms with Crippen LogP contribution in [0.2, 0.25) is 0 Å². The summed E-state index contributed by atoms with van der Waals surface area (Å²) < 4.78 is 10.7. The number of hydrogen-bond acceptors (Lipinski definition) is 4. The number of guanidine groups is 1. The molecule has 0 radical (unpaired) electrons. The van der Waals surface area contributed by atoms with Gasteiger partial charge in [-0.1, -0.05) is 0 Å². The first kappa shape index (κ1) is 20.9. The number of amides is 1. The molecular formula is C20H32N4O3. The summed E-state index contributed by atoms with van der Waals surface area (Å²) in [6.07, 6.45) is 1.97. The number of nitrogens with two attached hydrogens (primary N) is 1. The lowest BCUT2D eigenvalue weighted by Crippen LogP contribution is -2.45. The van der Waals surface area contributed by atoms with E-state index in [0.29, 0.717) is 37.6 Å². The minimum atomic E-state index is -0.117. The number of benzene rings is 1. The third-order valence-electron chi connectivity index (χ3n) is 4.40. The molecule has 1 aromatic rings. The van der Waals surface area contributed by atoms with E-state index in [4.69, 9.17) is 15.2 Å². The Hall–Kier alpha value is -2.44. The molecule has 1 heterocycles. The van der Waals surface area contributed by atoms with Crippen molar-refractivity contribution < 1.29 is 14.3 Å². The quantitative estimate of drug-likeness (QED) is 0.451. The number of carbonyl (C=O) groups excluding carboxylic acids is 1. The van der Waals surface area contributed by atoms with Crippen LogP contribution in [0.25, 0.3) is 0 Å². The standard InChI is InChI=1S/C20H32N4O3/c1-20(2,3)23-19(21)22-9-6-7-18(25)24-10-8-14-11-16(26-4)17(27-5)12-15(14)13-24/h11-12H,6-10,13H2,1-5H3,(H3,21,22,23). The van der Waals surface area contributed by atoms with Gasteiger partial charge in [-0.2, -0.15) is 0 Å². The van der Waals surface area contributed by atoms with Crippen LogP contribution in [0.3, 0.4) is 0 Å². The normalized spacial score (nSPS) is 14.6. The number of ether oxygens (including phenoxy) is 2. The molecular weight excluding hydrogens is 344 g/mol. The molecule has 27 heavy (non-hydrogen) atoms. The highest BCUT2D eigenvalue weighted by molar-refractivity contribution is 5.79. The van der Waals surface area contributed by atoms with Crippen molar-refractivity contribution in [2.45, 2.75) is 52.1 Å². The number of rotatable bonds is 6. The Bertz CT molecular complexity index is 695. The second-order valence-corrected chi connectivity index (χ2v) is 7.79. The molecule has 7 nitrogen and oxygen atoms in total. The van der Waals surface area contributed by atoms with E-state index in [9.17, 15) is 4.79 Å². The highest BCUT2D eigenvalue weighted by atomic mass is 16.5. The van der Waals surface area contributed by atoms with E-state index in [1.165, 1.54) is 5.56 Å². The maximum absolute atomic E-state index is 12.5. The Kier molecular flexibility index (Phi) is 6.93. The van der Waals surface area contributed by atoms with Gasteiger partial charge in [0.2, 0.25) is 5.91 Å². The Balaban J connectivity index is 1.88. The van der Waals surface area contributed by atoms with Crippen LogP contribution in [0.5, 0.6) is 11.5 Å². The number of aliphatic imine (C=N–C) groups is 1. The molecule has 0 atom stereocenters. The van der Waals surface area contributed by atoms with Crippen LogP contribution in [0.15, 0.2) is 17.1 Å². The van der Waals surface area contributed by atoms with Gasteiger partial charge < -0.3 is 25.4 Å². The lowest BCUT2D eigenvalue weighted by Gasteiger charge is -2.29. The first-order valence-electron chi connectivity index (χ1n) is 9.33. The molecule has 1 aliphatic heterocycles. The average Bonchev–Trinajstić information content (AvgIpc) is 2.61. The highest BCUT2D eigenvalue weighted by Crippen LogP contribution is 2.33. The molecule has 0 bridgehead atoms. The van der Waals surface area contributed by atoms with Gasteiger partial charge in [0, 0.05) is 31.6 Å². The van der Waals surface area contributed by atoms with Crippen molar-refractivity contribution in [2.24, 2.45) is 10.7 Å². The van der Waals surface area contributed by atoms with Gasteiger partial charge in [-0.15, -0.1) is 0 Å². The molecule has 0 aromatic heterocycles. The zero-order valence-corrected chi connectivity index (χ0v) is 17.1. The van der Waals surface area contributed by atoms with Gasteiger partial charge in [0.1, 0.15) is 0 Å². The molecule has 0 spiro atoms. The minimum Gasteiger partial charge on any atom is -0.493 e. The second-order valence-electron chi connectivity index (χ2n) is 7.79. The van der Waals surface area contributed by atoms with Gasteiger partial charge in [0.25, 0.3) is 0 Å². The van der Waals surface area contributed by atoms with Crippen molar-refractivity contribution in [3.05, 3.63) is 23.3 Å². The molecule has 1 aliphatic rings. The molecule has 0 unspecified atom stereocenters. The summed E-state index contributed by atoms with van der Waals surface area (Å²) in [5, 5.41) is 3.11. The molecule has 0 fully saturated rings. The Morgan fingerprint density at radius 3 is 2.44 bits per heavy atom. The maximum atomic E-state index is 12.5. The zero-order valence-electron chi connectivity index (χ0n) is 17.1. The third-order valence-corrected chi connectivity index (χ3v) is 4.40. The van der Waals surface area contributed by atoms with Gasteiger partial charge >= 0.3 is 0 Å². The maximum Gasteiger partial charge on any atom is 0.222 e. The molecule has 150 valence electrons. The Morgan fingerprint density at radius 1 is 1.22 bits per heavy atom. The number of nitrogens with one attached hydrogen (secondary N) is 1. The monoisotopic (exact) mass is 376 g/mol. The van der Waals surface area contributed by atoms with Crippen LogP contribution < -0.4 is 20.5 Å². The van der Waals surface area contributed by atoms with Crippen LogP contribution in [-0.4, -0.2) is 49.6 Å². The van der Waals surface area contributed by atoms with Crippen molar-refractivity contribution in [1.82, 2.24) is 10.2 Å². The van der Waals surface area contributed by atoms with Gasteiger partial charge in [0.05, 0.1) is 14.2 Å². The minimum absolute atomic E-state index is 0.117. The first-order valence-corrected chi connectivity index (χ1v) is 9.33. The SMILES string of the molecule is COc1cc2c(cc1OC)CN(C(=O)CCCN=C(N)NC(C)(C)C)CC2. The van der Waals surface area contributed by atoms with Crippen molar-refractivity contribution in [2.75, 3.05) is 27.3 Å². The zero-order chi connectivity index (χ0) is 20.0. The second kappa shape index (κ2) is 8.97. The van der Waals surface area contributed by atoms with Crippen LogP contribution >= 0.6 is 0 Å². The average molecular weight is 377 g/mol. The summed E-state index contributed by atoms with van der Waals surface area (Å²) in [7, 11) is 3.26. The molecule has 1 amide bonds. The molecule has 0 saturated carbocycles. The van der Waals surface area contributed by atoms with Gasteiger partial charge in [-0.3, -0.25) is 9.79 Å². The van der Waals surface area contributed by atoms with Crippen molar-refractivity contribution in [1.29, 1.82) is 0 Å². The lowest BCUT2D eigenvalue weighted by atomic mass is 9.98. The van der Waals surface area contributed by atoms with Crippen LogP contribution in [-0.2, 0) is 17.8 Å². The fraction of sp³-hybridized carbons (Fsp3) is 0.600. The summed E-state index contributed by atoms with van der Waals surface area (Å²) in [6.45, 7) is 7.94. The van der Waals surface area contributed by atoms with E-state index < -0.39 is 0 Å². The van der Waals surface area contributed by atoms with Crippen LogP contribution in [0.1, 0.15) is 44.7 Å². The van der Waals surface area contributed by atoms with Gasteiger partial charge in [-0.25, -0.2) is 0 Å². The Labute approximate surface area is 161 Å². The lowest BCUT2D eigenvalue weighted by molar-refractivity contribution is -0.132. The number of hydrogen-bond donors (Lipinski definition) is 2. The van der Waals surface area contributed by atoms with E-state index in [-0.39, 0.29) is 11.4 Å². The fourth-order valence-electron chi connectivity index (χ4n) is 3.11. The van der Waals surface area contributed by atoms with E-state index in [0.717, 1.165) is 24.3 Å². The smallest absolute Gasteiger partial charge is 0.222 e. The number of nitrogens with zero attached hydrogens (tertiary/aromatic N) is 2. The van der Waals surface area contributed by atoms with E-state index in [1.807, 2.05) is 37.8 Å². The highest BCUT2D eigenvalue weighted by Gasteiger charge is 2.22. The molecule has 0 aliphatic carbocycles. The summed E-state index contributed by atoms with van der Waals surface area (Å²) >= 11 is 0. The molecule has 7 heteroatoms. The van der Waals surface area contributed by atoms with Crippen molar-refractivity contribution in [3.63, 3.8) is 0 Å². The number of methoxy groups -OCH3 is 2.